The molecule has 0 bridgehead atoms. The first kappa shape index (κ1) is 19.5. The number of benzene rings is 1. The second-order valence-corrected chi connectivity index (χ2v) is 7.30. The smallest absolute Gasteiger partial charge is 0.389 e. The zero-order valence-corrected chi connectivity index (χ0v) is 15.6. The van der Waals surface area contributed by atoms with Crippen molar-refractivity contribution in [2.75, 3.05) is 0 Å². The molecule has 2 rings (SSSR count). The molecule has 2 N–H and O–H groups in total. The SMILES string of the molecule is CC(C)CC(C)c1ccccc1-c1c(C(N)=S)c(C(F)(F)F)cn1C. The van der Waals surface area contributed by atoms with E-state index < -0.39 is 11.7 Å². The molecule has 0 aliphatic rings. The van der Waals surface area contributed by atoms with Crippen LogP contribution in [0.4, 0.5) is 13.2 Å². The predicted octanol–water partition coefficient (Wildman–Crippen LogP) is 5.49. The van der Waals surface area contributed by atoms with Crippen LogP contribution in [0.15, 0.2) is 30.5 Å². The molecular formula is C19H23F3N2S. The fourth-order valence-electron chi connectivity index (χ4n) is 3.39. The lowest BCUT2D eigenvalue weighted by molar-refractivity contribution is -0.137. The van der Waals surface area contributed by atoms with E-state index in [1.165, 1.54) is 4.57 Å². The van der Waals surface area contributed by atoms with Gasteiger partial charge in [-0.1, -0.05) is 57.3 Å². The number of hydrogen-bond acceptors (Lipinski definition) is 1. The summed E-state index contributed by atoms with van der Waals surface area (Å²) >= 11 is 4.96. The van der Waals surface area contributed by atoms with E-state index in [2.05, 4.69) is 20.8 Å². The number of thiocarbonyl (C=S) groups is 1. The Kier molecular flexibility index (Phi) is 5.62. The van der Waals surface area contributed by atoms with Gasteiger partial charge in [0.2, 0.25) is 0 Å². The summed E-state index contributed by atoms with van der Waals surface area (Å²) in [5.41, 5.74) is 6.97. The van der Waals surface area contributed by atoms with Crippen LogP contribution in [-0.2, 0) is 13.2 Å². The number of hydrogen-bond donors (Lipinski definition) is 1. The van der Waals surface area contributed by atoms with Gasteiger partial charge in [0.05, 0.1) is 11.3 Å². The van der Waals surface area contributed by atoms with E-state index in [0.717, 1.165) is 23.7 Å². The van der Waals surface area contributed by atoms with Crippen molar-refractivity contribution in [1.82, 2.24) is 4.57 Å². The number of aryl methyl sites for hydroxylation is 1. The summed E-state index contributed by atoms with van der Waals surface area (Å²) in [6, 6.07) is 7.53. The van der Waals surface area contributed by atoms with Crippen molar-refractivity contribution >= 4 is 17.2 Å². The highest BCUT2D eigenvalue weighted by atomic mass is 32.1. The first-order valence-electron chi connectivity index (χ1n) is 8.19. The van der Waals surface area contributed by atoms with Crippen LogP contribution < -0.4 is 5.73 Å². The molecule has 0 saturated carbocycles. The summed E-state index contributed by atoms with van der Waals surface area (Å²) in [6.45, 7) is 6.35. The lowest BCUT2D eigenvalue weighted by Gasteiger charge is -2.20. The standard InChI is InChI=1S/C19H23F3N2S/c1-11(2)9-12(3)13-7-5-6-8-14(13)17-16(18(23)25)15(10-24(17)4)19(20,21)22/h5-8,10-12H,9H2,1-4H3,(H2,23,25). The maximum atomic E-state index is 13.4. The van der Waals surface area contributed by atoms with E-state index in [0.29, 0.717) is 11.6 Å². The van der Waals surface area contributed by atoms with E-state index in [1.807, 2.05) is 24.3 Å². The number of rotatable bonds is 5. The highest BCUT2D eigenvalue weighted by Gasteiger charge is 2.38. The summed E-state index contributed by atoms with van der Waals surface area (Å²) in [5.74, 6) is 0.692. The molecule has 6 heteroatoms. The average molecular weight is 368 g/mol. The van der Waals surface area contributed by atoms with Gasteiger partial charge in [0.25, 0.3) is 0 Å². The van der Waals surface area contributed by atoms with E-state index in [-0.39, 0.29) is 16.5 Å². The Morgan fingerprint density at radius 3 is 2.32 bits per heavy atom. The Balaban J connectivity index is 2.72. The number of nitrogens with two attached hydrogens (primary N) is 1. The molecule has 0 spiro atoms. The van der Waals surface area contributed by atoms with Crippen molar-refractivity contribution in [1.29, 1.82) is 0 Å². The molecule has 0 fully saturated rings. The zero-order chi connectivity index (χ0) is 18.9. The van der Waals surface area contributed by atoms with Gasteiger partial charge in [0, 0.05) is 24.4 Å². The van der Waals surface area contributed by atoms with Gasteiger partial charge in [0.1, 0.15) is 4.99 Å². The van der Waals surface area contributed by atoms with Gasteiger partial charge in [-0.25, -0.2) is 0 Å². The quantitative estimate of drug-likeness (QED) is 0.707. The second-order valence-electron chi connectivity index (χ2n) is 6.86. The fraction of sp³-hybridized carbons (Fsp3) is 0.421. The van der Waals surface area contributed by atoms with Crippen LogP contribution in [0.25, 0.3) is 11.3 Å². The molecule has 1 unspecified atom stereocenters. The van der Waals surface area contributed by atoms with Gasteiger partial charge in [-0.15, -0.1) is 0 Å². The molecule has 0 amide bonds. The summed E-state index contributed by atoms with van der Waals surface area (Å²) in [5, 5.41) is 0. The molecule has 136 valence electrons. The van der Waals surface area contributed by atoms with E-state index in [9.17, 15) is 13.2 Å². The minimum absolute atomic E-state index is 0.103. The molecule has 0 aliphatic carbocycles. The predicted molar refractivity (Wildman–Crippen MR) is 99.6 cm³/mol. The third-order valence-corrected chi connectivity index (χ3v) is 4.51. The monoisotopic (exact) mass is 368 g/mol. The van der Waals surface area contributed by atoms with Crippen LogP contribution in [0.3, 0.4) is 0 Å². The normalized spacial score (nSPS) is 13.3. The zero-order valence-electron chi connectivity index (χ0n) is 14.8. The van der Waals surface area contributed by atoms with Crippen LogP contribution >= 0.6 is 12.2 Å². The van der Waals surface area contributed by atoms with Crippen LogP contribution in [0.2, 0.25) is 0 Å². The maximum absolute atomic E-state index is 13.4. The Labute approximate surface area is 151 Å². The van der Waals surface area contributed by atoms with Gasteiger partial charge in [-0.3, -0.25) is 0 Å². The third-order valence-electron chi connectivity index (χ3n) is 4.31. The number of alkyl halides is 3. The first-order valence-corrected chi connectivity index (χ1v) is 8.60. The summed E-state index contributed by atoms with van der Waals surface area (Å²) in [4.78, 5) is -0.241. The lowest BCUT2D eigenvalue weighted by Crippen LogP contribution is -2.17. The van der Waals surface area contributed by atoms with Crippen molar-refractivity contribution in [2.24, 2.45) is 18.7 Å². The number of aromatic nitrogens is 1. The third kappa shape index (κ3) is 4.06. The minimum atomic E-state index is -4.51. The lowest BCUT2D eigenvalue weighted by atomic mass is 9.87. The Hall–Kier alpha value is -1.82. The molecule has 1 aromatic heterocycles. The van der Waals surface area contributed by atoms with Crippen LogP contribution in [0, 0.1) is 5.92 Å². The molecule has 25 heavy (non-hydrogen) atoms. The summed E-state index contributed by atoms with van der Waals surface area (Å²) < 4.78 is 41.7. The Morgan fingerprint density at radius 1 is 1.20 bits per heavy atom. The van der Waals surface area contributed by atoms with E-state index in [1.54, 1.807) is 7.05 Å². The fourth-order valence-corrected chi connectivity index (χ4v) is 3.60. The van der Waals surface area contributed by atoms with Gasteiger partial charge < -0.3 is 10.3 Å². The largest absolute Gasteiger partial charge is 0.418 e. The average Bonchev–Trinajstić information content (AvgIpc) is 2.84. The van der Waals surface area contributed by atoms with Crippen molar-refractivity contribution < 1.29 is 13.2 Å². The Morgan fingerprint density at radius 2 is 1.80 bits per heavy atom. The first-order chi connectivity index (χ1) is 11.5. The molecule has 0 radical (unpaired) electrons. The van der Waals surface area contributed by atoms with Gasteiger partial charge in [-0.05, 0) is 23.8 Å². The van der Waals surface area contributed by atoms with Crippen LogP contribution in [0.5, 0.6) is 0 Å². The summed E-state index contributed by atoms with van der Waals surface area (Å²) in [6.07, 6.45) is -2.50. The molecular weight excluding hydrogens is 345 g/mol. The molecule has 2 aromatic rings. The minimum Gasteiger partial charge on any atom is -0.389 e. The van der Waals surface area contributed by atoms with Crippen molar-refractivity contribution in [3.05, 3.63) is 47.2 Å². The summed E-state index contributed by atoms with van der Waals surface area (Å²) in [7, 11) is 1.59. The van der Waals surface area contributed by atoms with Crippen molar-refractivity contribution in [2.45, 2.75) is 39.3 Å². The van der Waals surface area contributed by atoms with Crippen LogP contribution in [-0.4, -0.2) is 9.56 Å². The van der Waals surface area contributed by atoms with Gasteiger partial charge >= 0.3 is 6.18 Å². The second kappa shape index (κ2) is 7.20. The number of nitrogens with zero attached hydrogens (tertiary/aromatic N) is 1. The van der Waals surface area contributed by atoms with Crippen LogP contribution in [0.1, 0.15) is 49.8 Å². The molecule has 1 aromatic carbocycles. The van der Waals surface area contributed by atoms with Gasteiger partial charge in [-0.2, -0.15) is 13.2 Å². The molecule has 0 aliphatic heterocycles. The topological polar surface area (TPSA) is 30.9 Å². The van der Waals surface area contributed by atoms with Gasteiger partial charge in [0.15, 0.2) is 0 Å². The molecule has 1 heterocycles. The van der Waals surface area contributed by atoms with E-state index >= 15 is 0 Å². The Bertz CT molecular complexity index is 775. The number of halogens is 3. The maximum Gasteiger partial charge on any atom is 0.418 e. The highest BCUT2D eigenvalue weighted by Crippen LogP contribution is 2.40. The highest BCUT2D eigenvalue weighted by molar-refractivity contribution is 7.80. The van der Waals surface area contributed by atoms with E-state index in [4.69, 9.17) is 18.0 Å². The van der Waals surface area contributed by atoms with Crippen molar-refractivity contribution in [3.8, 4) is 11.3 Å². The molecule has 0 saturated heterocycles. The van der Waals surface area contributed by atoms with Crippen molar-refractivity contribution in [3.63, 3.8) is 0 Å². The molecule has 1 atom stereocenters. The molecule has 2 nitrogen and oxygen atoms in total.